The highest BCUT2D eigenvalue weighted by Crippen LogP contribution is 2.34. The Labute approximate surface area is 70.8 Å². The van der Waals surface area contributed by atoms with Crippen molar-refractivity contribution in [3.8, 4) is 0 Å². The zero-order valence-electron chi connectivity index (χ0n) is 6.82. The molecule has 1 aliphatic carbocycles. The molecule has 0 aliphatic heterocycles. The van der Waals surface area contributed by atoms with Gasteiger partial charge in [-0.3, -0.25) is 4.79 Å². The van der Waals surface area contributed by atoms with E-state index in [0.29, 0.717) is 11.7 Å². The molecular weight excluding hydrogens is 154 g/mol. The quantitative estimate of drug-likeness (QED) is 0.630. The Morgan fingerprint density at radius 2 is 2.25 bits per heavy atom. The number of oxazole rings is 1. The van der Waals surface area contributed by atoms with Gasteiger partial charge in [0.1, 0.15) is 0 Å². The predicted octanol–water partition coefficient (Wildman–Crippen LogP) is 2.14. The lowest BCUT2D eigenvalue weighted by molar-refractivity contribution is 0.109. The average molecular weight is 165 g/mol. The molecule has 0 radical (unpaired) electrons. The molecule has 1 saturated carbocycles. The Morgan fingerprint density at radius 3 is 2.92 bits per heavy atom. The third-order valence-corrected chi connectivity index (χ3v) is 2.47. The number of carbonyl (C=O) groups is 1. The smallest absolute Gasteiger partial charge is 0.190 e. The minimum atomic E-state index is 0.418. The van der Waals surface area contributed by atoms with E-state index in [1.165, 1.54) is 19.2 Å². The summed E-state index contributed by atoms with van der Waals surface area (Å²) in [6, 6.07) is 0. The molecule has 12 heavy (non-hydrogen) atoms. The van der Waals surface area contributed by atoms with Gasteiger partial charge in [0.05, 0.1) is 5.69 Å². The van der Waals surface area contributed by atoms with Gasteiger partial charge >= 0.3 is 0 Å². The molecule has 3 nitrogen and oxygen atoms in total. The van der Waals surface area contributed by atoms with Crippen LogP contribution < -0.4 is 0 Å². The number of rotatable bonds is 2. The van der Waals surface area contributed by atoms with Gasteiger partial charge < -0.3 is 4.42 Å². The van der Waals surface area contributed by atoms with E-state index in [1.54, 1.807) is 0 Å². The van der Waals surface area contributed by atoms with Gasteiger partial charge in [0, 0.05) is 5.92 Å². The van der Waals surface area contributed by atoms with Crippen molar-refractivity contribution in [2.45, 2.75) is 31.6 Å². The molecule has 0 spiro atoms. The van der Waals surface area contributed by atoms with E-state index in [2.05, 4.69) is 4.98 Å². The molecule has 0 saturated heterocycles. The van der Waals surface area contributed by atoms with Crippen molar-refractivity contribution in [3.05, 3.63) is 17.8 Å². The Hall–Kier alpha value is -1.12. The van der Waals surface area contributed by atoms with Crippen LogP contribution in [-0.2, 0) is 0 Å². The van der Waals surface area contributed by atoms with Crippen LogP contribution in [-0.4, -0.2) is 11.3 Å². The van der Waals surface area contributed by atoms with E-state index in [-0.39, 0.29) is 0 Å². The lowest BCUT2D eigenvalue weighted by Crippen LogP contribution is -1.96. The number of nitrogens with zero attached hydrogens (tertiary/aromatic N) is 1. The van der Waals surface area contributed by atoms with Crippen LogP contribution in [0.2, 0.25) is 0 Å². The van der Waals surface area contributed by atoms with Crippen molar-refractivity contribution in [2.75, 3.05) is 0 Å². The van der Waals surface area contributed by atoms with Gasteiger partial charge in [0.15, 0.2) is 18.4 Å². The van der Waals surface area contributed by atoms with Crippen LogP contribution >= 0.6 is 0 Å². The van der Waals surface area contributed by atoms with Gasteiger partial charge in [-0.1, -0.05) is 12.8 Å². The largest absolute Gasteiger partial charge is 0.440 e. The first-order valence-electron chi connectivity index (χ1n) is 4.30. The molecule has 0 atom stereocenters. The summed E-state index contributed by atoms with van der Waals surface area (Å²) in [4.78, 5) is 14.6. The topological polar surface area (TPSA) is 43.1 Å². The summed E-state index contributed by atoms with van der Waals surface area (Å²) in [5, 5.41) is 0. The minimum Gasteiger partial charge on any atom is -0.440 e. The molecule has 0 bridgehead atoms. The predicted molar refractivity (Wildman–Crippen MR) is 43.1 cm³/mol. The fraction of sp³-hybridized carbons (Fsp3) is 0.556. The molecule has 2 rings (SSSR count). The second-order valence-electron chi connectivity index (χ2n) is 3.20. The van der Waals surface area contributed by atoms with E-state index >= 15 is 0 Å². The van der Waals surface area contributed by atoms with Crippen molar-refractivity contribution >= 4 is 6.29 Å². The first kappa shape index (κ1) is 7.53. The fourth-order valence-electron chi connectivity index (χ4n) is 1.86. The van der Waals surface area contributed by atoms with E-state index in [1.807, 2.05) is 0 Å². The van der Waals surface area contributed by atoms with E-state index in [0.717, 1.165) is 24.8 Å². The second-order valence-corrected chi connectivity index (χ2v) is 3.20. The van der Waals surface area contributed by atoms with Gasteiger partial charge in [-0.2, -0.15) is 0 Å². The minimum absolute atomic E-state index is 0.418. The maximum atomic E-state index is 10.5. The molecular formula is C9H11NO2. The molecule has 0 unspecified atom stereocenters. The standard InChI is InChI=1S/C9H11NO2/c11-5-8-9(10-6-12-8)7-3-1-2-4-7/h5-7H,1-4H2. The Balaban J connectivity index is 2.25. The van der Waals surface area contributed by atoms with Gasteiger partial charge in [0.2, 0.25) is 0 Å². The summed E-state index contributed by atoms with van der Waals surface area (Å²) in [7, 11) is 0. The van der Waals surface area contributed by atoms with Crippen molar-refractivity contribution in [2.24, 2.45) is 0 Å². The van der Waals surface area contributed by atoms with E-state index in [9.17, 15) is 4.79 Å². The summed E-state index contributed by atoms with van der Waals surface area (Å²) >= 11 is 0. The summed E-state index contributed by atoms with van der Waals surface area (Å²) in [6.07, 6.45) is 6.89. The van der Waals surface area contributed by atoms with Crippen LogP contribution in [0.5, 0.6) is 0 Å². The second kappa shape index (κ2) is 3.09. The summed E-state index contributed by atoms with van der Waals surface area (Å²) in [5.74, 6) is 0.880. The lowest BCUT2D eigenvalue weighted by Gasteiger charge is -2.03. The van der Waals surface area contributed by atoms with Crippen molar-refractivity contribution < 1.29 is 9.21 Å². The van der Waals surface area contributed by atoms with E-state index < -0.39 is 0 Å². The molecule has 0 amide bonds. The van der Waals surface area contributed by atoms with Crippen molar-refractivity contribution in [1.82, 2.24) is 4.98 Å². The monoisotopic (exact) mass is 165 g/mol. The van der Waals surface area contributed by atoms with Crippen LogP contribution in [0.3, 0.4) is 0 Å². The van der Waals surface area contributed by atoms with Gasteiger partial charge in [-0.25, -0.2) is 4.98 Å². The molecule has 1 fully saturated rings. The van der Waals surface area contributed by atoms with Crippen LogP contribution in [0.1, 0.15) is 47.8 Å². The number of hydrogen-bond donors (Lipinski definition) is 0. The number of carbonyl (C=O) groups excluding carboxylic acids is 1. The zero-order valence-corrected chi connectivity index (χ0v) is 6.82. The van der Waals surface area contributed by atoms with Gasteiger partial charge in [-0.05, 0) is 12.8 Å². The van der Waals surface area contributed by atoms with Crippen molar-refractivity contribution in [3.63, 3.8) is 0 Å². The highest BCUT2D eigenvalue weighted by molar-refractivity contribution is 5.72. The first-order valence-corrected chi connectivity index (χ1v) is 4.30. The number of hydrogen-bond acceptors (Lipinski definition) is 3. The third-order valence-electron chi connectivity index (χ3n) is 2.47. The zero-order chi connectivity index (χ0) is 8.39. The summed E-state index contributed by atoms with van der Waals surface area (Å²) in [5.41, 5.74) is 0.863. The van der Waals surface area contributed by atoms with Gasteiger partial charge in [0.25, 0.3) is 0 Å². The van der Waals surface area contributed by atoms with Gasteiger partial charge in [-0.15, -0.1) is 0 Å². The maximum absolute atomic E-state index is 10.5. The van der Waals surface area contributed by atoms with Crippen LogP contribution in [0.15, 0.2) is 10.8 Å². The van der Waals surface area contributed by atoms with Crippen LogP contribution in [0.4, 0.5) is 0 Å². The Kier molecular flexibility index (Phi) is 1.94. The summed E-state index contributed by atoms with van der Waals surface area (Å²) < 4.78 is 4.95. The molecule has 1 aromatic heterocycles. The molecule has 0 aromatic carbocycles. The number of aromatic nitrogens is 1. The third kappa shape index (κ3) is 1.15. The molecule has 64 valence electrons. The Bertz CT molecular complexity index is 274. The first-order chi connectivity index (χ1) is 5.92. The molecule has 1 heterocycles. The maximum Gasteiger partial charge on any atom is 0.190 e. The Morgan fingerprint density at radius 1 is 1.50 bits per heavy atom. The molecule has 1 aromatic rings. The van der Waals surface area contributed by atoms with Crippen LogP contribution in [0, 0.1) is 0 Å². The van der Waals surface area contributed by atoms with E-state index in [4.69, 9.17) is 4.42 Å². The van der Waals surface area contributed by atoms with Crippen LogP contribution in [0.25, 0.3) is 0 Å². The lowest BCUT2D eigenvalue weighted by atomic mass is 10.0. The highest BCUT2D eigenvalue weighted by atomic mass is 16.3. The highest BCUT2D eigenvalue weighted by Gasteiger charge is 2.22. The normalized spacial score (nSPS) is 18.3. The number of aldehydes is 1. The molecule has 1 aliphatic rings. The fourth-order valence-corrected chi connectivity index (χ4v) is 1.86. The SMILES string of the molecule is O=Cc1ocnc1C1CCCC1. The molecule has 0 N–H and O–H groups in total. The van der Waals surface area contributed by atoms with Crippen molar-refractivity contribution in [1.29, 1.82) is 0 Å². The average Bonchev–Trinajstić information content (AvgIpc) is 2.74. The summed E-state index contributed by atoms with van der Waals surface area (Å²) in [6.45, 7) is 0. The molecule has 3 heteroatoms.